The number of phenolic OH excluding ortho intramolecular Hbond substituents is 1. The quantitative estimate of drug-likeness (QED) is 0.394. The predicted octanol–water partition coefficient (Wildman–Crippen LogP) is -0.304. The molecule has 1 amide bonds. The molecule has 0 atom stereocenters. The summed E-state index contributed by atoms with van der Waals surface area (Å²) in [4.78, 5) is 11.3. The molecule has 1 rings (SSSR count). The van der Waals surface area contributed by atoms with E-state index in [1.165, 1.54) is 18.2 Å². The van der Waals surface area contributed by atoms with Crippen LogP contribution in [0.2, 0.25) is 0 Å². The molecule has 0 fully saturated rings. The van der Waals surface area contributed by atoms with E-state index in [9.17, 15) is 4.79 Å². The molecule has 14 heavy (non-hydrogen) atoms. The van der Waals surface area contributed by atoms with Gasteiger partial charge in [0, 0.05) is 12.1 Å². The number of carbonyl (C=O) groups excluding carboxylic acids is 1. The molecule has 5 heteroatoms. The first-order valence-electron chi connectivity index (χ1n) is 4.12. The van der Waals surface area contributed by atoms with Gasteiger partial charge in [-0.05, 0) is 18.2 Å². The summed E-state index contributed by atoms with van der Waals surface area (Å²) in [6, 6.07) is 4.18. The number of aliphatic hydroxyl groups excluding tert-OH is 1. The van der Waals surface area contributed by atoms with Crippen LogP contribution in [-0.2, 0) is 0 Å². The number of benzene rings is 1. The van der Waals surface area contributed by atoms with Crippen molar-refractivity contribution in [2.24, 2.45) is 0 Å². The van der Waals surface area contributed by atoms with Crippen molar-refractivity contribution < 1.29 is 15.0 Å². The summed E-state index contributed by atoms with van der Waals surface area (Å²) in [5.74, 6) is -0.380. The van der Waals surface area contributed by atoms with E-state index in [1.54, 1.807) is 0 Å². The number of rotatable bonds is 3. The number of anilines is 1. The first kappa shape index (κ1) is 10.3. The van der Waals surface area contributed by atoms with Crippen LogP contribution in [0.5, 0.6) is 5.75 Å². The number of hydrogen-bond acceptors (Lipinski definition) is 4. The minimum absolute atomic E-state index is 0.0521. The lowest BCUT2D eigenvalue weighted by Gasteiger charge is -2.04. The second kappa shape index (κ2) is 4.48. The third-order valence-electron chi connectivity index (χ3n) is 1.69. The fraction of sp³-hybridized carbons (Fsp3) is 0.222. The summed E-state index contributed by atoms with van der Waals surface area (Å²) in [6.45, 7) is 0.0823. The summed E-state index contributed by atoms with van der Waals surface area (Å²) in [6.07, 6.45) is 0. The van der Waals surface area contributed by atoms with Crippen LogP contribution >= 0.6 is 0 Å². The first-order chi connectivity index (χ1) is 6.65. The molecule has 0 aliphatic rings. The molecule has 0 aromatic heterocycles. The monoisotopic (exact) mass is 196 g/mol. The van der Waals surface area contributed by atoms with E-state index in [2.05, 4.69) is 5.32 Å². The van der Waals surface area contributed by atoms with E-state index >= 15 is 0 Å². The number of carbonyl (C=O) groups is 1. The normalized spacial score (nSPS) is 9.79. The summed E-state index contributed by atoms with van der Waals surface area (Å²) in [7, 11) is 0. The average molecular weight is 196 g/mol. The lowest BCUT2D eigenvalue weighted by molar-refractivity contribution is 0.0945. The molecule has 0 spiro atoms. The number of hydrogen-bond donors (Lipinski definition) is 4. The Hall–Kier alpha value is -1.75. The Labute approximate surface area is 81.2 Å². The SMILES string of the molecule is Nc1cc(C(=O)NCCO)ccc1O. The van der Waals surface area contributed by atoms with Crippen LogP contribution in [0.25, 0.3) is 0 Å². The van der Waals surface area contributed by atoms with Crippen molar-refractivity contribution in [1.82, 2.24) is 5.32 Å². The predicted molar refractivity (Wildman–Crippen MR) is 51.9 cm³/mol. The minimum Gasteiger partial charge on any atom is -0.506 e. The van der Waals surface area contributed by atoms with Crippen molar-refractivity contribution in [3.8, 4) is 5.75 Å². The van der Waals surface area contributed by atoms with Gasteiger partial charge in [-0.15, -0.1) is 0 Å². The van der Waals surface area contributed by atoms with Crippen molar-refractivity contribution in [3.05, 3.63) is 23.8 Å². The molecule has 0 radical (unpaired) electrons. The molecule has 1 aromatic rings. The van der Waals surface area contributed by atoms with Crippen LogP contribution in [0.1, 0.15) is 10.4 Å². The van der Waals surface area contributed by atoms with Gasteiger partial charge in [0.15, 0.2) is 0 Å². The van der Waals surface area contributed by atoms with Gasteiger partial charge >= 0.3 is 0 Å². The standard InChI is InChI=1S/C9H12N2O3/c10-7-5-6(1-2-8(7)13)9(14)11-3-4-12/h1-2,5,12-13H,3-4,10H2,(H,11,14). The van der Waals surface area contributed by atoms with Gasteiger partial charge in [0.1, 0.15) is 5.75 Å². The highest BCUT2D eigenvalue weighted by Gasteiger charge is 2.06. The first-order valence-corrected chi connectivity index (χ1v) is 4.12. The van der Waals surface area contributed by atoms with Crippen molar-refractivity contribution in [1.29, 1.82) is 0 Å². The lowest BCUT2D eigenvalue weighted by Crippen LogP contribution is -2.26. The number of aromatic hydroxyl groups is 1. The van der Waals surface area contributed by atoms with Crippen molar-refractivity contribution in [2.45, 2.75) is 0 Å². The van der Waals surface area contributed by atoms with E-state index in [-0.39, 0.29) is 30.5 Å². The van der Waals surface area contributed by atoms with E-state index in [0.717, 1.165) is 0 Å². The van der Waals surface area contributed by atoms with Crippen molar-refractivity contribution >= 4 is 11.6 Å². The van der Waals surface area contributed by atoms with Gasteiger partial charge in [-0.3, -0.25) is 4.79 Å². The summed E-state index contributed by atoms with van der Waals surface area (Å²) < 4.78 is 0. The molecular weight excluding hydrogens is 184 g/mol. The van der Waals surface area contributed by atoms with E-state index < -0.39 is 0 Å². The fourth-order valence-electron chi connectivity index (χ4n) is 0.967. The molecular formula is C9H12N2O3. The number of nitrogens with one attached hydrogen (secondary N) is 1. The van der Waals surface area contributed by atoms with Gasteiger partial charge in [-0.1, -0.05) is 0 Å². The maximum Gasteiger partial charge on any atom is 0.251 e. The molecule has 5 N–H and O–H groups in total. The number of amides is 1. The summed E-state index contributed by atoms with van der Waals surface area (Å²) in [5.41, 5.74) is 5.92. The molecule has 0 saturated heterocycles. The second-order valence-electron chi connectivity index (χ2n) is 2.75. The topological polar surface area (TPSA) is 95.6 Å². The van der Waals surface area contributed by atoms with Crippen LogP contribution in [-0.4, -0.2) is 29.3 Å². The van der Waals surface area contributed by atoms with Gasteiger partial charge in [-0.2, -0.15) is 0 Å². The maximum absolute atomic E-state index is 11.3. The Bertz CT molecular complexity index is 339. The molecule has 0 saturated carbocycles. The van der Waals surface area contributed by atoms with Crippen LogP contribution in [0, 0.1) is 0 Å². The van der Waals surface area contributed by atoms with E-state index in [1.807, 2.05) is 0 Å². The third-order valence-corrected chi connectivity index (χ3v) is 1.69. The Morgan fingerprint density at radius 2 is 2.21 bits per heavy atom. The highest BCUT2D eigenvalue weighted by Crippen LogP contribution is 2.20. The molecule has 0 unspecified atom stereocenters. The molecule has 1 aromatic carbocycles. The van der Waals surface area contributed by atoms with Gasteiger partial charge in [0.25, 0.3) is 5.91 Å². The van der Waals surface area contributed by atoms with Gasteiger partial charge in [0.2, 0.25) is 0 Å². The number of phenols is 1. The molecule has 5 nitrogen and oxygen atoms in total. The van der Waals surface area contributed by atoms with Gasteiger partial charge in [0.05, 0.1) is 12.3 Å². The van der Waals surface area contributed by atoms with Crippen LogP contribution < -0.4 is 11.1 Å². The fourth-order valence-corrected chi connectivity index (χ4v) is 0.967. The zero-order valence-electron chi connectivity index (χ0n) is 7.53. The number of nitrogen functional groups attached to an aromatic ring is 1. The minimum atomic E-state index is -0.328. The largest absolute Gasteiger partial charge is 0.506 e. The van der Waals surface area contributed by atoms with Crippen LogP contribution in [0.4, 0.5) is 5.69 Å². The van der Waals surface area contributed by atoms with E-state index in [0.29, 0.717) is 5.56 Å². The Balaban J connectivity index is 2.76. The third kappa shape index (κ3) is 2.37. The Morgan fingerprint density at radius 3 is 2.79 bits per heavy atom. The molecule has 0 aliphatic carbocycles. The van der Waals surface area contributed by atoms with Crippen molar-refractivity contribution in [2.75, 3.05) is 18.9 Å². The summed E-state index contributed by atoms with van der Waals surface area (Å²) >= 11 is 0. The van der Waals surface area contributed by atoms with Crippen LogP contribution in [0.15, 0.2) is 18.2 Å². The van der Waals surface area contributed by atoms with Crippen molar-refractivity contribution in [3.63, 3.8) is 0 Å². The summed E-state index contributed by atoms with van der Waals surface area (Å²) in [5, 5.41) is 20.1. The molecule has 76 valence electrons. The maximum atomic E-state index is 11.3. The zero-order chi connectivity index (χ0) is 10.6. The highest BCUT2D eigenvalue weighted by atomic mass is 16.3. The number of nitrogens with two attached hydrogens (primary N) is 1. The average Bonchev–Trinajstić information content (AvgIpc) is 2.18. The smallest absolute Gasteiger partial charge is 0.251 e. The van der Waals surface area contributed by atoms with Gasteiger partial charge in [-0.25, -0.2) is 0 Å². The Kier molecular flexibility index (Phi) is 3.30. The molecule has 0 aliphatic heterocycles. The van der Waals surface area contributed by atoms with E-state index in [4.69, 9.17) is 15.9 Å². The lowest BCUT2D eigenvalue weighted by atomic mass is 10.2. The molecule has 0 bridgehead atoms. The number of aliphatic hydroxyl groups is 1. The highest BCUT2D eigenvalue weighted by molar-refractivity contribution is 5.95. The zero-order valence-corrected chi connectivity index (χ0v) is 7.53. The van der Waals surface area contributed by atoms with Gasteiger partial charge < -0.3 is 21.3 Å². The second-order valence-corrected chi connectivity index (χ2v) is 2.75. The van der Waals surface area contributed by atoms with Crippen LogP contribution in [0.3, 0.4) is 0 Å². The Morgan fingerprint density at radius 1 is 1.50 bits per heavy atom. The molecule has 0 heterocycles.